The second kappa shape index (κ2) is 2.63. The summed E-state index contributed by atoms with van der Waals surface area (Å²) in [5.74, 6) is 0. The van der Waals surface area contributed by atoms with Crippen molar-refractivity contribution in [3.05, 3.63) is 23.9 Å². The van der Waals surface area contributed by atoms with Crippen LogP contribution >= 0.6 is 0 Å². The molecule has 0 saturated carbocycles. The predicted octanol–water partition coefficient (Wildman–Crippen LogP) is 1.17. The molecule has 1 aliphatic carbocycles. The van der Waals surface area contributed by atoms with Crippen LogP contribution in [-0.4, -0.2) is 18.1 Å². The lowest BCUT2D eigenvalue weighted by Crippen LogP contribution is -2.58. The number of nitrogens with one attached hydrogen (secondary N) is 2. The second-order valence-corrected chi connectivity index (χ2v) is 4.23. The zero-order valence-electron chi connectivity index (χ0n) is 7.72. The summed E-state index contributed by atoms with van der Waals surface area (Å²) >= 11 is 0. The highest BCUT2D eigenvalue weighted by atomic mass is 15.1. The average molecular weight is 164 g/mol. The molecular formula is C10H16N2. The van der Waals surface area contributed by atoms with Crippen molar-refractivity contribution in [2.45, 2.75) is 31.8 Å². The van der Waals surface area contributed by atoms with Gasteiger partial charge in [0.2, 0.25) is 0 Å². The van der Waals surface area contributed by atoms with E-state index >= 15 is 0 Å². The molecule has 1 unspecified atom stereocenters. The van der Waals surface area contributed by atoms with Crippen LogP contribution in [0.2, 0.25) is 0 Å². The van der Waals surface area contributed by atoms with Crippen LogP contribution < -0.4 is 10.6 Å². The van der Waals surface area contributed by atoms with Crippen LogP contribution in [-0.2, 0) is 0 Å². The minimum Gasteiger partial charge on any atom is -0.381 e. The van der Waals surface area contributed by atoms with Gasteiger partial charge in [0.1, 0.15) is 0 Å². The number of allylic oxidation sites excluding steroid dienone is 2. The largest absolute Gasteiger partial charge is 0.381 e. The minimum atomic E-state index is 0.202. The molecule has 1 aliphatic heterocycles. The molecule has 2 heteroatoms. The third-order valence-corrected chi connectivity index (χ3v) is 2.43. The molecule has 1 saturated heterocycles. The SMILES string of the molecule is CC1(C)CNC2CC=CC=C2N1. The third-order valence-electron chi connectivity index (χ3n) is 2.43. The number of fused-ring (bicyclic) bond motifs is 1. The zero-order valence-corrected chi connectivity index (χ0v) is 7.72. The zero-order chi connectivity index (χ0) is 8.60. The van der Waals surface area contributed by atoms with Crippen LogP contribution in [0.25, 0.3) is 0 Å². The van der Waals surface area contributed by atoms with Crippen LogP contribution in [0.4, 0.5) is 0 Å². The normalized spacial score (nSPS) is 31.8. The Hall–Kier alpha value is -0.760. The molecule has 2 rings (SSSR count). The first-order valence-electron chi connectivity index (χ1n) is 4.56. The third kappa shape index (κ3) is 1.39. The van der Waals surface area contributed by atoms with Crippen molar-refractivity contribution < 1.29 is 0 Å². The Kier molecular flexibility index (Phi) is 1.72. The molecule has 66 valence electrons. The topological polar surface area (TPSA) is 24.1 Å². The summed E-state index contributed by atoms with van der Waals surface area (Å²) in [6.45, 7) is 5.48. The van der Waals surface area contributed by atoms with Crippen molar-refractivity contribution in [3.8, 4) is 0 Å². The Morgan fingerprint density at radius 2 is 2.33 bits per heavy atom. The smallest absolute Gasteiger partial charge is 0.0505 e. The van der Waals surface area contributed by atoms with E-state index in [0.29, 0.717) is 6.04 Å². The molecular weight excluding hydrogens is 148 g/mol. The molecule has 0 bridgehead atoms. The summed E-state index contributed by atoms with van der Waals surface area (Å²) in [4.78, 5) is 0. The first-order valence-corrected chi connectivity index (χ1v) is 4.56. The van der Waals surface area contributed by atoms with Crippen molar-refractivity contribution >= 4 is 0 Å². The van der Waals surface area contributed by atoms with E-state index in [1.807, 2.05) is 0 Å². The Morgan fingerprint density at radius 3 is 3.17 bits per heavy atom. The highest BCUT2D eigenvalue weighted by molar-refractivity contribution is 5.26. The second-order valence-electron chi connectivity index (χ2n) is 4.23. The minimum absolute atomic E-state index is 0.202. The van der Waals surface area contributed by atoms with Crippen LogP contribution in [0, 0.1) is 0 Å². The van der Waals surface area contributed by atoms with E-state index in [4.69, 9.17) is 0 Å². The summed E-state index contributed by atoms with van der Waals surface area (Å²) in [7, 11) is 0. The van der Waals surface area contributed by atoms with Gasteiger partial charge in [0.15, 0.2) is 0 Å². The molecule has 1 heterocycles. The van der Waals surface area contributed by atoms with E-state index in [-0.39, 0.29) is 5.54 Å². The Bertz CT molecular complexity index is 238. The molecule has 2 N–H and O–H groups in total. The van der Waals surface area contributed by atoms with E-state index in [1.165, 1.54) is 5.70 Å². The van der Waals surface area contributed by atoms with Crippen molar-refractivity contribution in [1.29, 1.82) is 0 Å². The van der Waals surface area contributed by atoms with Crippen molar-refractivity contribution in [3.63, 3.8) is 0 Å². The summed E-state index contributed by atoms with van der Waals surface area (Å²) in [6, 6.07) is 0.531. The first-order chi connectivity index (χ1) is 5.67. The van der Waals surface area contributed by atoms with Crippen LogP contribution in [0.15, 0.2) is 23.9 Å². The van der Waals surface area contributed by atoms with Gasteiger partial charge in [0.25, 0.3) is 0 Å². The van der Waals surface area contributed by atoms with E-state index in [9.17, 15) is 0 Å². The van der Waals surface area contributed by atoms with Gasteiger partial charge in [0.05, 0.1) is 6.04 Å². The van der Waals surface area contributed by atoms with Gasteiger partial charge in [-0.05, 0) is 26.3 Å². The van der Waals surface area contributed by atoms with Gasteiger partial charge in [-0.25, -0.2) is 0 Å². The van der Waals surface area contributed by atoms with Crippen molar-refractivity contribution in [1.82, 2.24) is 10.6 Å². The lowest BCUT2D eigenvalue weighted by atomic mass is 9.95. The number of piperazine rings is 1. The molecule has 1 atom stereocenters. The van der Waals surface area contributed by atoms with Crippen molar-refractivity contribution in [2.75, 3.05) is 6.54 Å². The van der Waals surface area contributed by atoms with Gasteiger partial charge in [0, 0.05) is 17.8 Å². The molecule has 0 aromatic rings. The molecule has 0 aromatic heterocycles. The van der Waals surface area contributed by atoms with E-state index in [0.717, 1.165) is 13.0 Å². The molecule has 12 heavy (non-hydrogen) atoms. The number of hydrogen-bond acceptors (Lipinski definition) is 2. The van der Waals surface area contributed by atoms with Gasteiger partial charge in [-0.2, -0.15) is 0 Å². The standard InChI is InChI=1S/C10H16N2/c1-10(2)7-11-8-5-3-4-6-9(8)12-10/h3-4,6,8,11-12H,5,7H2,1-2H3. The summed E-state index contributed by atoms with van der Waals surface area (Å²) in [5.41, 5.74) is 1.54. The van der Waals surface area contributed by atoms with E-state index < -0.39 is 0 Å². The number of rotatable bonds is 0. The molecule has 0 aromatic carbocycles. The summed E-state index contributed by atoms with van der Waals surface area (Å²) < 4.78 is 0. The molecule has 2 nitrogen and oxygen atoms in total. The monoisotopic (exact) mass is 164 g/mol. The van der Waals surface area contributed by atoms with Gasteiger partial charge in [-0.15, -0.1) is 0 Å². The highest BCUT2D eigenvalue weighted by Crippen LogP contribution is 2.19. The van der Waals surface area contributed by atoms with E-state index in [2.05, 4.69) is 42.7 Å². The highest BCUT2D eigenvalue weighted by Gasteiger charge is 2.28. The summed E-state index contributed by atoms with van der Waals surface area (Å²) in [5, 5.41) is 7.07. The first kappa shape index (κ1) is 7.87. The molecule has 1 fully saturated rings. The van der Waals surface area contributed by atoms with Gasteiger partial charge in [-0.3, -0.25) is 0 Å². The molecule has 2 aliphatic rings. The van der Waals surface area contributed by atoms with Crippen molar-refractivity contribution in [2.24, 2.45) is 0 Å². The van der Waals surface area contributed by atoms with Gasteiger partial charge in [-0.1, -0.05) is 12.2 Å². The maximum absolute atomic E-state index is 3.54. The average Bonchev–Trinajstić information content (AvgIpc) is 2.02. The summed E-state index contributed by atoms with van der Waals surface area (Å²) in [6.07, 6.45) is 7.63. The van der Waals surface area contributed by atoms with Crippen LogP contribution in [0.3, 0.4) is 0 Å². The number of hydrogen-bond donors (Lipinski definition) is 2. The molecule has 0 spiro atoms. The fourth-order valence-corrected chi connectivity index (χ4v) is 1.76. The Morgan fingerprint density at radius 1 is 1.50 bits per heavy atom. The van der Waals surface area contributed by atoms with Crippen LogP contribution in [0.5, 0.6) is 0 Å². The van der Waals surface area contributed by atoms with Gasteiger partial charge >= 0.3 is 0 Å². The van der Waals surface area contributed by atoms with E-state index in [1.54, 1.807) is 0 Å². The Balaban J connectivity index is 2.16. The fourth-order valence-electron chi connectivity index (χ4n) is 1.76. The lowest BCUT2D eigenvalue weighted by molar-refractivity contribution is 0.315. The quantitative estimate of drug-likeness (QED) is 0.561. The fraction of sp³-hybridized carbons (Fsp3) is 0.600. The van der Waals surface area contributed by atoms with Gasteiger partial charge < -0.3 is 10.6 Å². The molecule has 0 amide bonds. The predicted molar refractivity (Wildman–Crippen MR) is 50.8 cm³/mol. The lowest BCUT2D eigenvalue weighted by Gasteiger charge is -2.40. The van der Waals surface area contributed by atoms with Crippen LogP contribution in [0.1, 0.15) is 20.3 Å². The molecule has 0 radical (unpaired) electrons. The maximum atomic E-state index is 3.54. The Labute approximate surface area is 73.7 Å². The maximum Gasteiger partial charge on any atom is 0.0505 e.